The van der Waals surface area contributed by atoms with Crippen molar-refractivity contribution in [2.45, 2.75) is 12.8 Å². The predicted molar refractivity (Wildman–Crippen MR) is 62.2 cm³/mol. The Morgan fingerprint density at radius 2 is 1.80 bits per heavy atom. The van der Waals surface area contributed by atoms with Crippen molar-refractivity contribution in [2.75, 3.05) is 11.5 Å². The minimum absolute atomic E-state index is 0.145. The van der Waals surface area contributed by atoms with E-state index in [9.17, 15) is 4.57 Å². The average molecular weight is 297 g/mol. The fraction of sp³-hybridized carbons (Fsp3) is 0.500. The van der Waals surface area contributed by atoms with Gasteiger partial charge in [-0.2, -0.15) is 0 Å². The van der Waals surface area contributed by atoms with Gasteiger partial charge >= 0.3 is 7.60 Å². The number of rotatable bonds is 5. The van der Waals surface area contributed by atoms with Crippen molar-refractivity contribution in [1.82, 2.24) is 0 Å². The maximum absolute atomic E-state index is 11.6. The standard InChI is InChI=1S/C8H14BrN2O3P/c9-5-7-1-3-8(4-2-7)6-15(12,13-10)14-11/h1,3H,2,4-6,10-11H2. The van der Waals surface area contributed by atoms with Gasteiger partial charge in [0.2, 0.25) is 0 Å². The Kier molecular flexibility index (Phi) is 5.18. The van der Waals surface area contributed by atoms with Crippen LogP contribution in [0.5, 0.6) is 0 Å². The number of alkyl halides is 1. The Morgan fingerprint density at radius 3 is 2.20 bits per heavy atom. The van der Waals surface area contributed by atoms with E-state index in [0.29, 0.717) is 0 Å². The van der Waals surface area contributed by atoms with Crippen LogP contribution in [0.4, 0.5) is 0 Å². The largest absolute Gasteiger partial charge is 0.366 e. The molecule has 0 unspecified atom stereocenters. The molecule has 0 amide bonds. The van der Waals surface area contributed by atoms with Crippen molar-refractivity contribution in [1.29, 1.82) is 0 Å². The van der Waals surface area contributed by atoms with Gasteiger partial charge in [-0.25, -0.2) is 21.0 Å². The quantitative estimate of drug-likeness (QED) is 0.460. The highest BCUT2D eigenvalue weighted by Crippen LogP contribution is 2.47. The normalized spacial score (nSPS) is 17.3. The molecule has 0 aliphatic heterocycles. The summed E-state index contributed by atoms with van der Waals surface area (Å²) in [7, 11) is -3.33. The Bertz CT molecular complexity index is 322. The van der Waals surface area contributed by atoms with Crippen LogP contribution in [0.3, 0.4) is 0 Å². The van der Waals surface area contributed by atoms with Gasteiger partial charge < -0.3 is 0 Å². The molecular weight excluding hydrogens is 283 g/mol. The maximum atomic E-state index is 11.6. The molecule has 7 heteroatoms. The number of allylic oxidation sites excluding steroid dienone is 4. The maximum Gasteiger partial charge on any atom is 0.366 e. The molecule has 0 heterocycles. The molecule has 0 aromatic heterocycles. The van der Waals surface area contributed by atoms with Gasteiger partial charge in [0, 0.05) is 5.33 Å². The van der Waals surface area contributed by atoms with Gasteiger partial charge in [-0.15, -0.1) is 0 Å². The molecule has 0 saturated carbocycles. The second-order valence-corrected chi connectivity index (χ2v) is 5.78. The summed E-state index contributed by atoms with van der Waals surface area (Å²) in [4.78, 5) is 0. The van der Waals surface area contributed by atoms with E-state index in [2.05, 4.69) is 25.2 Å². The molecule has 1 aliphatic rings. The fourth-order valence-corrected chi connectivity index (χ4v) is 2.74. The van der Waals surface area contributed by atoms with Gasteiger partial charge in [-0.05, 0) is 12.8 Å². The summed E-state index contributed by atoms with van der Waals surface area (Å²) in [6.45, 7) is 0. The zero-order chi connectivity index (χ0) is 11.3. The van der Waals surface area contributed by atoms with Gasteiger partial charge in [0.25, 0.3) is 0 Å². The molecule has 0 bridgehead atoms. The van der Waals surface area contributed by atoms with Gasteiger partial charge in [0.15, 0.2) is 0 Å². The molecule has 5 nitrogen and oxygen atoms in total. The average Bonchev–Trinajstić information content (AvgIpc) is 2.30. The molecule has 15 heavy (non-hydrogen) atoms. The molecule has 0 fully saturated rings. The van der Waals surface area contributed by atoms with E-state index in [1.165, 1.54) is 5.57 Å². The zero-order valence-corrected chi connectivity index (χ0v) is 10.7. The first-order valence-electron chi connectivity index (χ1n) is 4.43. The van der Waals surface area contributed by atoms with E-state index in [-0.39, 0.29) is 6.16 Å². The molecule has 1 rings (SSSR count). The van der Waals surface area contributed by atoms with Crippen LogP contribution in [0.15, 0.2) is 23.3 Å². The Hall–Kier alpha value is 0.0300. The van der Waals surface area contributed by atoms with E-state index in [1.54, 1.807) is 0 Å². The SMILES string of the molecule is NOP(=O)(CC1=CC=C(CBr)CC1)ON. The Morgan fingerprint density at radius 1 is 1.27 bits per heavy atom. The summed E-state index contributed by atoms with van der Waals surface area (Å²) < 4.78 is 20.2. The van der Waals surface area contributed by atoms with E-state index >= 15 is 0 Å². The van der Waals surface area contributed by atoms with E-state index < -0.39 is 7.60 Å². The zero-order valence-electron chi connectivity index (χ0n) is 8.19. The van der Waals surface area contributed by atoms with Crippen LogP contribution in [0.1, 0.15) is 12.8 Å². The van der Waals surface area contributed by atoms with Crippen LogP contribution in [0.2, 0.25) is 0 Å². The number of nitrogens with two attached hydrogens (primary N) is 2. The van der Waals surface area contributed by atoms with Crippen LogP contribution in [0.25, 0.3) is 0 Å². The van der Waals surface area contributed by atoms with E-state index in [1.807, 2.05) is 12.2 Å². The second kappa shape index (κ2) is 5.94. The van der Waals surface area contributed by atoms with Crippen LogP contribution >= 0.6 is 23.5 Å². The molecule has 0 radical (unpaired) electrons. The molecule has 1 aliphatic carbocycles. The number of hydrogen-bond donors (Lipinski definition) is 2. The highest BCUT2D eigenvalue weighted by Gasteiger charge is 2.25. The summed E-state index contributed by atoms with van der Waals surface area (Å²) in [6, 6.07) is 0. The topological polar surface area (TPSA) is 87.6 Å². The molecule has 0 spiro atoms. The van der Waals surface area contributed by atoms with Crippen molar-refractivity contribution in [2.24, 2.45) is 11.8 Å². The molecule has 4 N–H and O–H groups in total. The van der Waals surface area contributed by atoms with Gasteiger partial charge in [-0.1, -0.05) is 39.2 Å². The third-order valence-electron chi connectivity index (χ3n) is 2.21. The fourth-order valence-electron chi connectivity index (χ4n) is 1.31. The van der Waals surface area contributed by atoms with Crippen molar-refractivity contribution in [3.63, 3.8) is 0 Å². The third kappa shape index (κ3) is 3.83. The number of hydrogen-bond acceptors (Lipinski definition) is 5. The minimum Gasteiger partial charge on any atom is -0.257 e. The van der Waals surface area contributed by atoms with Crippen LogP contribution in [0, 0.1) is 0 Å². The molecule has 0 aromatic carbocycles. The molecular formula is C8H14BrN2O3P. The van der Waals surface area contributed by atoms with Crippen molar-refractivity contribution in [3.8, 4) is 0 Å². The Labute approximate surface area is 97.1 Å². The molecule has 0 saturated heterocycles. The summed E-state index contributed by atoms with van der Waals surface area (Å²) >= 11 is 3.38. The molecule has 0 aromatic rings. The van der Waals surface area contributed by atoms with Gasteiger partial charge in [0.05, 0.1) is 6.16 Å². The third-order valence-corrected chi connectivity index (χ3v) is 4.37. The molecule has 86 valence electrons. The van der Waals surface area contributed by atoms with Crippen molar-refractivity contribution in [3.05, 3.63) is 23.3 Å². The van der Waals surface area contributed by atoms with Crippen LogP contribution in [-0.2, 0) is 13.8 Å². The summed E-state index contributed by atoms with van der Waals surface area (Å²) in [5.74, 6) is 9.74. The molecule has 0 atom stereocenters. The van der Waals surface area contributed by atoms with Crippen molar-refractivity contribution < 1.29 is 13.8 Å². The highest BCUT2D eigenvalue weighted by atomic mass is 79.9. The second-order valence-electron chi connectivity index (χ2n) is 3.26. The Balaban J connectivity index is 2.65. The van der Waals surface area contributed by atoms with Crippen molar-refractivity contribution >= 4 is 23.5 Å². The van der Waals surface area contributed by atoms with Gasteiger partial charge in [0.1, 0.15) is 0 Å². The minimum atomic E-state index is -3.33. The highest BCUT2D eigenvalue weighted by molar-refractivity contribution is 9.09. The van der Waals surface area contributed by atoms with Crippen LogP contribution < -0.4 is 11.8 Å². The van der Waals surface area contributed by atoms with E-state index in [4.69, 9.17) is 11.8 Å². The smallest absolute Gasteiger partial charge is 0.257 e. The monoisotopic (exact) mass is 296 g/mol. The lowest BCUT2D eigenvalue weighted by atomic mass is 10.0. The number of halogens is 1. The van der Waals surface area contributed by atoms with E-state index in [0.717, 1.165) is 23.7 Å². The lowest BCUT2D eigenvalue weighted by molar-refractivity contribution is 0.213. The lowest BCUT2D eigenvalue weighted by Crippen LogP contribution is -2.10. The summed E-state index contributed by atoms with van der Waals surface area (Å²) in [6.07, 6.45) is 5.81. The van der Waals surface area contributed by atoms with Crippen LogP contribution in [-0.4, -0.2) is 11.5 Å². The first-order valence-corrected chi connectivity index (χ1v) is 7.28. The summed E-state index contributed by atoms with van der Waals surface area (Å²) in [5.41, 5.74) is 2.27. The predicted octanol–water partition coefficient (Wildman–Crippen LogP) is 2.00. The lowest BCUT2D eigenvalue weighted by Gasteiger charge is -2.16. The summed E-state index contributed by atoms with van der Waals surface area (Å²) in [5, 5.41) is 0.856. The van der Waals surface area contributed by atoms with Gasteiger partial charge in [-0.3, -0.25) is 4.57 Å². The first-order chi connectivity index (χ1) is 7.13. The first kappa shape index (κ1) is 13.1.